The lowest BCUT2D eigenvalue weighted by Gasteiger charge is -2.21. The Morgan fingerprint density at radius 3 is 2.33 bits per heavy atom. The fraction of sp³-hybridized carbons (Fsp3) is 0.200. The van der Waals surface area contributed by atoms with Crippen molar-refractivity contribution in [3.8, 4) is 0 Å². The molecule has 0 aliphatic carbocycles. The van der Waals surface area contributed by atoms with Crippen LogP contribution in [0.3, 0.4) is 0 Å². The van der Waals surface area contributed by atoms with Gasteiger partial charge in [0.05, 0.1) is 10.5 Å². The monoisotopic (exact) mass is 411 g/mol. The lowest BCUT2D eigenvalue weighted by atomic mass is 9.97. The van der Waals surface area contributed by atoms with Crippen LogP contribution in [-0.4, -0.2) is 44.7 Å². The van der Waals surface area contributed by atoms with E-state index < -0.39 is 45.9 Å². The second kappa shape index (κ2) is 8.11. The first-order chi connectivity index (χ1) is 14.2. The number of amides is 3. The predicted octanol–water partition coefficient (Wildman–Crippen LogP) is 1.50. The third kappa shape index (κ3) is 3.75. The zero-order valence-corrected chi connectivity index (χ0v) is 15.6. The number of carbonyl (C=O) groups excluding carboxylic acids is 3. The van der Waals surface area contributed by atoms with Gasteiger partial charge in [0, 0.05) is 18.4 Å². The molecule has 1 atom stereocenters. The van der Waals surface area contributed by atoms with Gasteiger partial charge in [-0.05, 0) is 18.1 Å². The van der Waals surface area contributed by atoms with Gasteiger partial charge in [-0.15, -0.1) is 0 Å². The molecule has 3 amide bonds. The highest BCUT2D eigenvalue weighted by molar-refractivity contribution is 6.24. The Labute approximate surface area is 170 Å². The van der Waals surface area contributed by atoms with Gasteiger partial charge in [-0.25, -0.2) is 4.79 Å². The van der Waals surface area contributed by atoms with Gasteiger partial charge in [0.15, 0.2) is 0 Å². The Morgan fingerprint density at radius 1 is 1.10 bits per heavy atom. The summed E-state index contributed by atoms with van der Waals surface area (Å²) in [6.07, 6.45) is -0.609. The van der Waals surface area contributed by atoms with Crippen LogP contribution in [0.2, 0.25) is 0 Å². The summed E-state index contributed by atoms with van der Waals surface area (Å²) in [4.78, 5) is 59.9. The van der Waals surface area contributed by atoms with Gasteiger partial charge >= 0.3 is 5.97 Å². The molecule has 0 fully saturated rings. The van der Waals surface area contributed by atoms with Crippen molar-refractivity contribution in [2.75, 3.05) is 0 Å². The van der Waals surface area contributed by atoms with Crippen LogP contribution in [-0.2, 0) is 16.0 Å². The first-order valence-electron chi connectivity index (χ1n) is 8.95. The number of benzene rings is 2. The number of hydrogen-bond acceptors (Lipinski definition) is 6. The fourth-order valence-corrected chi connectivity index (χ4v) is 3.46. The average molecular weight is 411 g/mol. The highest BCUT2D eigenvalue weighted by atomic mass is 16.6. The van der Waals surface area contributed by atoms with Crippen LogP contribution < -0.4 is 5.73 Å². The van der Waals surface area contributed by atoms with Gasteiger partial charge in [-0.2, -0.15) is 0 Å². The third-order valence-electron chi connectivity index (χ3n) is 4.82. The molecule has 0 saturated carbocycles. The van der Waals surface area contributed by atoms with E-state index in [0.29, 0.717) is 4.90 Å². The largest absolute Gasteiger partial charge is 0.480 e. The Bertz CT molecular complexity index is 1070. The number of carbonyl (C=O) groups is 4. The Morgan fingerprint density at radius 2 is 1.77 bits per heavy atom. The Kier molecular flexibility index (Phi) is 5.58. The minimum atomic E-state index is -1.66. The standard InChI is InChI=1S/C20H17N3O7/c21-15(24)9-8-14(20(27)28)22-18(25)13-7-6-12(10-11-4-2-1-3-5-11)17(23(29)30)16(13)19(22)26/h1-7,14H,8-10H2,(H2,21,24)(H,27,28). The van der Waals surface area contributed by atoms with Crippen molar-refractivity contribution >= 4 is 29.4 Å². The Balaban J connectivity index is 2.06. The second-order valence-corrected chi connectivity index (χ2v) is 6.75. The van der Waals surface area contributed by atoms with Crippen LogP contribution in [0.4, 0.5) is 5.69 Å². The van der Waals surface area contributed by atoms with Crippen molar-refractivity contribution in [3.63, 3.8) is 0 Å². The molecule has 1 aliphatic rings. The Hall–Kier alpha value is -4.08. The maximum atomic E-state index is 12.9. The molecule has 0 aromatic heterocycles. The predicted molar refractivity (Wildman–Crippen MR) is 103 cm³/mol. The SMILES string of the molecule is NC(=O)CCC(C(=O)O)N1C(=O)c2ccc(Cc3ccccc3)c([N+](=O)[O-])c2C1=O. The number of nitro groups is 1. The van der Waals surface area contributed by atoms with E-state index in [-0.39, 0.29) is 30.4 Å². The first-order valence-corrected chi connectivity index (χ1v) is 8.95. The average Bonchev–Trinajstić information content (AvgIpc) is 2.93. The van der Waals surface area contributed by atoms with Crippen molar-refractivity contribution in [1.29, 1.82) is 0 Å². The smallest absolute Gasteiger partial charge is 0.326 e. The van der Waals surface area contributed by atoms with Gasteiger partial charge in [0.1, 0.15) is 11.6 Å². The zero-order chi connectivity index (χ0) is 22.0. The van der Waals surface area contributed by atoms with Crippen LogP contribution >= 0.6 is 0 Å². The molecular weight excluding hydrogens is 394 g/mol. The van der Waals surface area contributed by atoms with E-state index in [2.05, 4.69) is 0 Å². The normalized spacial score (nSPS) is 13.8. The van der Waals surface area contributed by atoms with Crippen molar-refractivity contribution < 1.29 is 29.2 Å². The molecule has 3 N–H and O–H groups in total. The molecule has 2 aromatic carbocycles. The molecule has 1 heterocycles. The number of primary amides is 1. The van der Waals surface area contributed by atoms with E-state index in [0.717, 1.165) is 5.56 Å². The fourth-order valence-electron chi connectivity index (χ4n) is 3.46. The summed E-state index contributed by atoms with van der Waals surface area (Å²) in [5, 5.41) is 21.3. The lowest BCUT2D eigenvalue weighted by Crippen LogP contribution is -2.45. The number of nitro benzene ring substituents is 1. The highest BCUT2D eigenvalue weighted by Crippen LogP contribution is 2.36. The third-order valence-corrected chi connectivity index (χ3v) is 4.82. The number of nitrogens with zero attached hydrogens (tertiary/aromatic N) is 2. The maximum absolute atomic E-state index is 12.9. The number of carboxylic acids is 1. The number of rotatable bonds is 8. The summed E-state index contributed by atoms with van der Waals surface area (Å²) in [7, 11) is 0. The van der Waals surface area contributed by atoms with Crippen molar-refractivity contribution in [1.82, 2.24) is 4.90 Å². The molecule has 30 heavy (non-hydrogen) atoms. The van der Waals surface area contributed by atoms with Gasteiger partial charge in [-0.1, -0.05) is 36.4 Å². The number of aliphatic carboxylic acids is 1. The number of imide groups is 1. The molecule has 3 rings (SSSR count). The molecule has 2 aromatic rings. The topological polar surface area (TPSA) is 161 Å². The van der Waals surface area contributed by atoms with Crippen LogP contribution in [0.1, 0.15) is 44.7 Å². The summed E-state index contributed by atoms with van der Waals surface area (Å²) < 4.78 is 0. The van der Waals surface area contributed by atoms with E-state index in [4.69, 9.17) is 5.73 Å². The first kappa shape index (κ1) is 20.6. The molecule has 10 nitrogen and oxygen atoms in total. The molecule has 0 saturated heterocycles. The minimum absolute atomic E-state index is 0.149. The van der Waals surface area contributed by atoms with Gasteiger partial charge in [0.2, 0.25) is 5.91 Å². The van der Waals surface area contributed by atoms with Gasteiger partial charge in [-0.3, -0.25) is 29.4 Å². The summed E-state index contributed by atoms with van der Waals surface area (Å²) in [6.45, 7) is 0. The van der Waals surface area contributed by atoms with Crippen LogP contribution in [0, 0.1) is 10.1 Å². The van der Waals surface area contributed by atoms with Crippen molar-refractivity contribution in [2.24, 2.45) is 5.73 Å². The molecule has 0 radical (unpaired) electrons. The molecule has 0 bridgehead atoms. The molecular formula is C20H17N3O7. The number of hydrogen-bond donors (Lipinski definition) is 2. The molecule has 10 heteroatoms. The summed E-state index contributed by atoms with van der Waals surface area (Å²) >= 11 is 0. The maximum Gasteiger partial charge on any atom is 0.326 e. The van der Waals surface area contributed by atoms with Gasteiger partial charge in [0.25, 0.3) is 17.5 Å². The van der Waals surface area contributed by atoms with E-state index in [9.17, 15) is 34.4 Å². The zero-order valence-electron chi connectivity index (χ0n) is 15.6. The van der Waals surface area contributed by atoms with Crippen molar-refractivity contribution in [2.45, 2.75) is 25.3 Å². The van der Waals surface area contributed by atoms with Crippen LogP contribution in [0.15, 0.2) is 42.5 Å². The minimum Gasteiger partial charge on any atom is -0.480 e. The molecule has 0 spiro atoms. The molecule has 1 unspecified atom stereocenters. The van der Waals surface area contributed by atoms with Crippen LogP contribution in [0.25, 0.3) is 0 Å². The summed E-state index contributed by atoms with van der Waals surface area (Å²) in [5.74, 6) is -4.35. The number of carboxylic acid groups (broad SMARTS) is 1. The summed E-state index contributed by atoms with van der Waals surface area (Å²) in [6, 6.07) is 9.86. The lowest BCUT2D eigenvalue weighted by molar-refractivity contribution is -0.385. The van der Waals surface area contributed by atoms with E-state index in [1.54, 1.807) is 30.3 Å². The quantitative estimate of drug-likeness (QED) is 0.378. The van der Waals surface area contributed by atoms with Crippen LogP contribution in [0.5, 0.6) is 0 Å². The van der Waals surface area contributed by atoms with Gasteiger partial charge < -0.3 is 10.8 Å². The molecule has 1 aliphatic heterocycles. The van der Waals surface area contributed by atoms with Crippen molar-refractivity contribution in [3.05, 3.63) is 74.8 Å². The highest BCUT2D eigenvalue weighted by Gasteiger charge is 2.47. The number of fused-ring (bicyclic) bond motifs is 1. The number of nitrogens with two attached hydrogens (primary N) is 1. The van der Waals surface area contributed by atoms with E-state index >= 15 is 0 Å². The van der Waals surface area contributed by atoms with E-state index in [1.807, 2.05) is 0 Å². The molecule has 154 valence electrons. The summed E-state index contributed by atoms with van der Waals surface area (Å²) in [5.41, 5.74) is 4.81. The van der Waals surface area contributed by atoms with E-state index in [1.165, 1.54) is 12.1 Å². The second-order valence-electron chi connectivity index (χ2n) is 6.75.